The van der Waals surface area contributed by atoms with Crippen LogP contribution in [0, 0.1) is 0 Å². The zero-order valence-corrected chi connectivity index (χ0v) is 12.1. The Morgan fingerprint density at radius 1 is 1.17 bits per heavy atom. The third-order valence-corrected chi connectivity index (χ3v) is 3.05. The molecule has 0 spiro atoms. The van der Waals surface area contributed by atoms with Crippen molar-refractivity contribution in [3.05, 3.63) is 58.6 Å². The van der Waals surface area contributed by atoms with Gasteiger partial charge in [0.1, 0.15) is 0 Å². The van der Waals surface area contributed by atoms with Crippen molar-refractivity contribution in [1.82, 2.24) is 0 Å². The van der Waals surface area contributed by atoms with Crippen LogP contribution in [0.15, 0.2) is 42.5 Å². The molecule has 0 radical (unpaired) electrons. The van der Waals surface area contributed by atoms with E-state index in [1.54, 1.807) is 12.1 Å². The summed E-state index contributed by atoms with van der Waals surface area (Å²) in [4.78, 5) is 22.7. The SMILES string of the molecule is O=COc1c(C(=O)Nc2cccc(Cl)c2)cccc1C(F)(F)F. The van der Waals surface area contributed by atoms with Crippen LogP contribution < -0.4 is 10.1 Å². The molecule has 0 atom stereocenters. The first-order valence-electron chi connectivity index (χ1n) is 6.20. The lowest BCUT2D eigenvalue weighted by Crippen LogP contribution is -2.17. The van der Waals surface area contributed by atoms with E-state index >= 15 is 0 Å². The number of anilines is 1. The molecule has 0 unspecified atom stereocenters. The van der Waals surface area contributed by atoms with E-state index in [4.69, 9.17) is 11.6 Å². The average molecular weight is 344 g/mol. The third-order valence-electron chi connectivity index (χ3n) is 2.81. The molecule has 2 aromatic carbocycles. The highest BCUT2D eigenvalue weighted by atomic mass is 35.5. The average Bonchev–Trinajstić information content (AvgIpc) is 2.46. The number of benzene rings is 2. The Balaban J connectivity index is 2.41. The Hall–Kier alpha value is -2.54. The van der Waals surface area contributed by atoms with Gasteiger partial charge in [-0.2, -0.15) is 13.2 Å². The van der Waals surface area contributed by atoms with Crippen LogP contribution >= 0.6 is 11.6 Å². The summed E-state index contributed by atoms with van der Waals surface area (Å²) >= 11 is 5.77. The number of para-hydroxylation sites is 1. The van der Waals surface area contributed by atoms with Crippen LogP contribution in [0.5, 0.6) is 5.75 Å². The molecule has 0 aliphatic carbocycles. The van der Waals surface area contributed by atoms with E-state index in [1.165, 1.54) is 12.1 Å². The van der Waals surface area contributed by atoms with Gasteiger partial charge < -0.3 is 10.1 Å². The van der Waals surface area contributed by atoms with E-state index in [-0.39, 0.29) is 12.2 Å². The molecular formula is C15H9ClF3NO3. The number of hydrogen-bond donors (Lipinski definition) is 1. The number of nitrogens with one attached hydrogen (secondary N) is 1. The fraction of sp³-hybridized carbons (Fsp3) is 0.0667. The van der Waals surface area contributed by atoms with Crippen molar-refractivity contribution in [1.29, 1.82) is 0 Å². The highest BCUT2D eigenvalue weighted by Crippen LogP contribution is 2.38. The van der Waals surface area contributed by atoms with E-state index in [1.807, 2.05) is 0 Å². The van der Waals surface area contributed by atoms with E-state index in [2.05, 4.69) is 10.1 Å². The first-order valence-corrected chi connectivity index (χ1v) is 6.58. The number of halogens is 4. The molecule has 0 bridgehead atoms. The second kappa shape index (κ2) is 6.70. The van der Waals surface area contributed by atoms with Gasteiger partial charge in [0.2, 0.25) is 0 Å². The minimum atomic E-state index is -4.77. The van der Waals surface area contributed by atoms with E-state index in [9.17, 15) is 22.8 Å². The topological polar surface area (TPSA) is 55.4 Å². The van der Waals surface area contributed by atoms with E-state index in [0.717, 1.165) is 18.2 Å². The normalized spacial score (nSPS) is 11.0. The Morgan fingerprint density at radius 3 is 2.48 bits per heavy atom. The van der Waals surface area contributed by atoms with E-state index in [0.29, 0.717) is 5.02 Å². The Morgan fingerprint density at radius 2 is 1.87 bits per heavy atom. The van der Waals surface area contributed by atoms with Crippen LogP contribution in [-0.2, 0) is 11.0 Å². The molecule has 1 N–H and O–H groups in total. The minimum absolute atomic E-state index is 0.166. The molecular weight excluding hydrogens is 335 g/mol. The first kappa shape index (κ1) is 16.8. The molecule has 2 rings (SSSR count). The van der Waals surface area contributed by atoms with Crippen molar-refractivity contribution in [3.8, 4) is 5.75 Å². The summed E-state index contributed by atoms with van der Waals surface area (Å²) in [6, 6.07) is 8.95. The van der Waals surface area contributed by atoms with Crippen molar-refractivity contribution in [2.45, 2.75) is 6.18 Å². The van der Waals surface area contributed by atoms with Crippen LogP contribution in [0.1, 0.15) is 15.9 Å². The lowest BCUT2D eigenvalue weighted by molar-refractivity contribution is -0.139. The quantitative estimate of drug-likeness (QED) is 0.849. The molecule has 0 heterocycles. The molecule has 0 saturated heterocycles. The highest BCUT2D eigenvalue weighted by Gasteiger charge is 2.36. The van der Waals surface area contributed by atoms with Gasteiger partial charge in [0, 0.05) is 10.7 Å². The predicted octanol–water partition coefficient (Wildman–Crippen LogP) is 4.15. The maximum atomic E-state index is 12.9. The Kier molecular flexibility index (Phi) is 4.90. The summed E-state index contributed by atoms with van der Waals surface area (Å²) in [5.74, 6) is -1.72. The molecule has 1 amide bonds. The number of hydrogen-bond acceptors (Lipinski definition) is 3. The summed E-state index contributed by atoms with van der Waals surface area (Å²) in [6.45, 7) is -0.166. The molecule has 4 nitrogen and oxygen atoms in total. The zero-order chi connectivity index (χ0) is 17.0. The fourth-order valence-corrected chi connectivity index (χ4v) is 2.07. The molecule has 120 valence electrons. The molecule has 2 aromatic rings. The van der Waals surface area contributed by atoms with Gasteiger partial charge in [0.25, 0.3) is 12.4 Å². The maximum absolute atomic E-state index is 12.9. The Bertz CT molecular complexity index is 747. The van der Waals surface area contributed by atoms with Crippen molar-refractivity contribution in [3.63, 3.8) is 0 Å². The largest absolute Gasteiger partial charge is 0.427 e. The number of carbonyl (C=O) groups excluding carboxylic acids is 2. The second-order valence-electron chi connectivity index (χ2n) is 4.36. The van der Waals surface area contributed by atoms with Gasteiger partial charge in [-0.1, -0.05) is 23.7 Å². The van der Waals surface area contributed by atoms with Crippen molar-refractivity contribution in [2.24, 2.45) is 0 Å². The van der Waals surface area contributed by atoms with E-state index < -0.39 is 29.0 Å². The number of amides is 1. The lowest BCUT2D eigenvalue weighted by atomic mass is 10.1. The molecule has 0 aliphatic heterocycles. The molecule has 0 saturated carbocycles. The number of ether oxygens (including phenoxy) is 1. The summed E-state index contributed by atoms with van der Waals surface area (Å²) in [5.41, 5.74) is -1.35. The van der Waals surface area contributed by atoms with Gasteiger partial charge >= 0.3 is 6.18 Å². The van der Waals surface area contributed by atoms with Gasteiger partial charge in [-0.3, -0.25) is 9.59 Å². The van der Waals surface area contributed by atoms with Crippen molar-refractivity contribution < 1.29 is 27.5 Å². The predicted molar refractivity (Wildman–Crippen MR) is 77.5 cm³/mol. The summed E-state index contributed by atoms with van der Waals surface area (Å²) in [5, 5.41) is 2.73. The lowest BCUT2D eigenvalue weighted by Gasteiger charge is -2.14. The summed E-state index contributed by atoms with van der Waals surface area (Å²) in [7, 11) is 0. The molecule has 0 aromatic heterocycles. The number of carbonyl (C=O) groups is 2. The van der Waals surface area contributed by atoms with Crippen LogP contribution in [0.2, 0.25) is 5.02 Å². The maximum Gasteiger partial charge on any atom is 0.420 e. The van der Waals surface area contributed by atoms with Gasteiger partial charge in [0.05, 0.1) is 11.1 Å². The third kappa shape index (κ3) is 4.01. The van der Waals surface area contributed by atoms with Gasteiger partial charge in [-0.05, 0) is 30.3 Å². The number of alkyl halides is 3. The summed E-state index contributed by atoms with van der Waals surface area (Å²) in [6.07, 6.45) is -4.77. The zero-order valence-electron chi connectivity index (χ0n) is 11.4. The van der Waals surface area contributed by atoms with Gasteiger partial charge in [0.15, 0.2) is 5.75 Å². The van der Waals surface area contributed by atoms with Crippen molar-refractivity contribution in [2.75, 3.05) is 5.32 Å². The highest BCUT2D eigenvalue weighted by molar-refractivity contribution is 6.31. The van der Waals surface area contributed by atoms with Crippen LogP contribution in [0.4, 0.5) is 18.9 Å². The van der Waals surface area contributed by atoms with Gasteiger partial charge in [-0.15, -0.1) is 0 Å². The molecule has 23 heavy (non-hydrogen) atoms. The first-order chi connectivity index (χ1) is 10.8. The standard InChI is InChI=1S/C15H9ClF3NO3/c16-9-3-1-4-10(7-9)20-14(22)11-5-2-6-12(15(17,18)19)13(11)23-8-21/h1-8H,(H,20,22). The summed E-state index contributed by atoms with van der Waals surface area (Å²) < 4.78 is 43.2. The minimum Gasteiger partial charge on any atom is -0.427 e. The molecule has 8 heteroatoms. The van der Waals surface area contributed by atoms with Crippen LogP contribution in [0.25, 0.3) is 0 Å². The molecule has 0 fully saturated rings. The smallest absolute Gasteiger partial charge is 0.420 e. The van der Waals surface area contributed by atoms with Crippen LogP contribution in [-0.4, -0.2) is 12.4 Å². The number of rotatable bonds is 4. The van der Waals surface area contributed by atoms with Crippen LogP contribution in [0.3, 0.4) is 0 Å². The fourth-order valence-electron chi connectivity index (χ4n) is 1.88. The Labute approximate surface area is 133 Å². The van der Waals surface area contributed by atoms with Crippen molar-refractivity contribution >= 4 is 29.7 Å². The second-order valence-corrected chi connectivity index (χ2v) is 4.80. The molecule has 0 aliphatic rings. The monoisotopic (exact) mass is 343 g/mol. The van der Waals surface area contributed by atoms with Gasteiger partial charge in [-0.25, -0.2) is 0 Å².